The van der Waals surface area contributed by atoms with E-state index in [0.29, 0.717) is 0 Å². The van der Waals surface area contributed by atoms with Gasteiger partial charge in [0.2, 0.25) is 0 Å². The fourth-order valence-corrected chi connectivity index (χ4v) is 3.30. The summed E-state index contributed by atoms with van der Waals surface area (Å²) in [6.07, 6.45) is 6.36. The fourth-order valence-electron chi connectivity index (χ4n) is 3.17. The van der Waals surface area contributed by atoms with Gasteiger partial charge in [-0.05, 0) is 49.9 Å². The van der Waals surface area contributed by atoms with E-state index in [2.05, 4.69) is 33.5 Å². The van der Waals surface area contributed by atoms with Crippen LogP contribution in [0, 0.1) is 5.92 Å². The van der Waals surface area contributed by atoms with Gasteiger partial charge in [-0.3, -0.25) is 4.90 Å². The highest BCUT2D eigenvalue weighted by atomic mass is 35.5. The van der Waals surface area contributed by atoms with E-state index in [1.807, 2.05) is 24.7 Å². The second kappa shape index (κ2) is 6.63. The fraction of sp³-hybridized carbons (Fsp3) is 0.471. The zero-order chi connectivity index (χ0) is 14.7. The molecule has 0 saturated carbocycles. The smallest absolute Gasteiger partial charge is 0.0948 e. The van der Waals surface area contributed by atoms with Gasteiger partial charge in [0, 0.05) is 30.9 Å². The minimum absolute atomic E-state index is 0.754. The first-order valence-electron chi connectivity index (χ1n) is 7.70. The van der Waals surface area contributed by atoms with E-state index in [9.17, 15) is 0 Å². The van der Waals surface area contributed by atoms with Crippen molar-refractivity contribution >= 4 is 11.6 Å². The third kappa shape index (κ3) is 3.66. The number of hydrogen-bond acceptors (Lipinski definition) is 2. The van der Waals surface area contributed by atoms with Crippen LogP contribution in [0.3, 0.4) is 0 Å². The average Bonchev–Trinajstić information content (AvgIpc) is 3.11. The zero-order valence-electron chi connectivity index (χ0n) is 12.5. The van der Waals surface area contributed by atoms with Gasteiger partial charge in [0.15, 0.2) is 0 Å². The van der Waals surface area contributed by atoms with Crippen molar-refractivity contribution in [2.24, 2.45) is 5.92 Å². The molecule has 0 bridgehead atoms. The Kier molecular flexibility index (Phi) is 4.61. The van der Waals surface area contributed by atoms with Crippen molar-refractivity contribution in [2.75, 3.05) is 13.1 Å². The van der Waals surface area contributed by atoms with Crippen LogP contribution in [0.5, 0.6) is 0 Å². The highest BCUT2D eigenvalue weighted by Crippen LogP contribution is 2.23. The molecule has 112 valence electrons. The molecule has 2 aromatic rings. The lowest BCUT2D eigenvalue weighted by molar-refractivity contribution is 0.307. The van der Waals surface area contributed by atoms with Gasteiger partial charge in [-0.2, -0.15) is 0 Å². The molecule has 0 spiro atoms. The summed E-state index contributed by atoms with van der Waals surface area (Å²) in [5.74, 6) is 0.754. The van der Waals surface area contributed by atoms with Crippen LogP contribution in [0.15, 0.2) is 36.8 Å². The Labute approximate surface area is 131 Å². The standard InChI is InChI=1S/C17H22ClN3/c1-2-21-13-19-10-17(21)12-20-8-7-15(11-20)9-14-3-5-16(18)6-4-14/h3-6,10,13,15H,2,7-9,11-12H2,1H3. The van der Waals surface area contributed by atoms with E-state index in [0.717, 1.165) is 30.5 Å². The second-order valence-corrected chi connectivity index (χ2v) is 6.33. The highest BCUT2D eigenvalue weighted by molar-refractivity contribution is 6.30. The maximum Gasteiger partial charge on any atom is 0.0948 e. The van der Waals surface area contributed by atoms with Crippen LogP contribution in [0.4, 0.5) is 0 Å². The van der Waals surface area contributed by atoms with E-state index in [-0.39, 0.29) is 0 Å². The summed E-state index contributed by atoms with van der Waals surface area (Å²) >= 11 is 5.94. The van der Waals surface area contributed by atoms with Gasteiger partial charge in [0.1, 0.15) is 0 Å². The third-order valence-corrected chi connectivity index (χ3v) is 4.58. The molecule has 1 fully saturated rings. The molecule has 1 aromatic carbocycles. The summed E-state index contributed by atoms with van der Waals surface area (Å²) < 4.78 is 2.23. The average molecular weight is 304 g/mol. The predicted octanol–water partition coefficient (Wildman–Crippen LogP) is 3.62. The minimum Gasteiger partial charge on any atom is -0.334 e. The quantitative estimate of drug-likeness (QED) is 0.841. The molecule has 1 aromatic heterocycles. The molecule has 0 aliphatic carbocycles. The van der Waals surface area contributed by atoms with Crippen molar-refractivity contribution in [3.63, 3.8) is 0 Å². The number of imidazole rings is 1. The number of likely N-dealkylation sites (tertiary alicyclic amines) is 1. The SMILES string of the molecule is CCn1cncc1CN1CCC(Cc2ccc(Cl)cc2)C1. The zero-order valence-corrected chi connectivity index (χ0v) is 13.3. The van der Waals surface area contributed by atoms with Crippen LogP contribution in [0.25, 0.3) is 0 Å². The first-order valence-corrected chi connectivity index (χ1v) is 8.08. The maximum absolute atomic E-state index is 5.94. The molecule has 2 heterocycles. The van der Waals surface area contributed by atoms with Crippen LogP contribution in [-0.2, 0) is 19.5 Å². The topological polar surface area (TPSA) is 21.1 Å². The molecule has 1 unspecified atom stereocenters. The maximum atomic E-state index is 5.94. The lowest BCUT2D eigenvalue weighted by Crippen LogP contribution is -2.22. The van der Waals surface area contributed by atoms with Crippen molar-refractivity contribution in [3.05, 3.63) is 53.1 Å². The van der Waals surface area contributed by atoms with Gasteiger partial charge in [-0.1, -0.05) is 23.7 Å². The monoisotopic (exact) mass is 303 g/mol. The van der Waals surface area contributed by atoms with Crippen LogP contribution in [0.1, 0.15) is 24.6 Å². The summed E-state index contributed by atoms with van der Waals surface area (Å²) in [6.45, 7) is 6.55. The summed E-state index contributed by atoms with van der Waals surface area (Å²) in [4.78, 5) is 6.80. The molecule has 0 N–H and O–H groups in total. The Morgan fingerprint density at radius 2 is 2.10 bits per heavy atom. The Balaban J connectivity index is 1.54. The van der Waals surface area contributed by atoms with Gasteiger partial charge >= 0.3 is 0 Å². The van der Waals surface area contributed by atoms with Gasteiger partial charge in [0.25, 0.3) is 0 Å². The molecule has 3 rings (SSSR count). The van der Waals surface area contributed by atoms with Crippen LogP contribution < -0.4 is 0 Å². The van der Waals surface area contributed by atoms with Gasteiger partial charge in [-0.25, -0.2) is 4.98 Å². The first-order chi connectivity index (χ1) is 10.2. The largest absolute Gasteiger partial charge is 0.334 e. The van der Waals surface area contributed by atoms with E-state index in [4.69, 9.17) is 11.6 Å². The molecular formula is C17H22ClN3. The Morgan fingerprint density at radius 3 is 2.86 bits per heavy atom. The van der Waals surface area contributed by atoms with E-state index >= 15 is 0 Å². The van der Waals surface area contributed by atoms with E-state index in [1.165, 1.54) is 30.8 Å². The number of rotatable bonds is 5. The first kappa shape index (κ1) is 14.6. The molecule has 0 radical (unpaired) electrons. The summed E-state index contributed by atoms with van der Waals surface area (Å²) in [7, 11) is 0. The van der Waals surface area contributed by atoms with Gasteiger partial charge in [0.05, 0.1) is 12.0 Å². The van der Waals surface area contributed by atoms with E-state index < -0.39 is 0 Å². The Hall–Kier alpha value is -1.32. The van der Waals surface area contributed by atoms with Crippen molar-refractivity contribution in [2.45, 2.75) is 32.9 Å². The van der Waals surface area contributed by atoms with Crippen LogP contribution in [-0.4, -0.2) is 27.5 Å². The number of hydrogen-bond donors (Lipinski definition) is 0. The Morgan fingerprint density at radius 1 is 1.29 bits per heavy atom. The number of benzene rings is 1. The molecule has 21 heavy (non-hydrogen) atoms. The van der Waals surface area contributed by atoms with Crippen molar-refractivity contribution in [3.8, 4) is 0 Å². The Bertz CT molecular complexity index is 576. The summed E-state index contributed by atoms with van der Waals surface area (Å²) in [6, 6.07) is 8.28. The number of aryl methyl sites for hydroxylation is 1. The molecule has 1 saturated heterocycles. The second-order valence-electron chi connectivity index (χ2n) is 5.89. The number of nitrogens with zero attached hydrogens (tertiary/aromatic N) is 3. The van der Waals surface area contributed by atoms with E-state index in [1.54, 1.807) is 0 Å². The summed E-state index contributed by atoms with van der Waals surface area (Å²) in [5, 5.41) is 0.819. The minimum atomic E-state index is 0.754. The molecule has 3 nitrogen and oxygen atoms in total. The highest BCUT2D eigenvalue weighted by Gasteiger charge is 2.23. The summed E-state index contributed by atoms with van der Waals surface area (Å²) in [5.41, 5.74) is 2.72. The normalized spacial score (nSPS) is 19.2. The number of aromatic nitrogens is 2. The predicted molar refractivity (Wildman–Crippen MR) is 86.4 cm³/mol. The molecular weight excluding hydrogens is 282 g/mol. The van der Waals surface area contributed by atoms with Crippen molar-refractivity contribution in [1.29, 1.82) is 0 Å². The third-order valence-electron chi connectivity index (χ3n) is 4.33. The number of halogens is 1. The lowest BCUT2D eigenvalue weighted by Gasteiger charge is -2.17. The molecule has 1 aliphatic heterocycles. The molecule has 1 aliphatic rings. The lowest BCUT2D eigenvalue weighted by atomic mass is 9.99. The van der Waals surface area contributed by atoms with Crippen LogP contribution in [0.2, 0.25) is 5.02 Å². The van der Waals surface area contributed by atoms with Gasteiger partial charge in [-0.15, -0.1) is 0 Å². The molecule has 4 heteroatoms. The van der Waals surface area contributed by atoms with Crippen LogP contribution >= 0.6 is 11.6 Å². The molecule has 0 amide bonds. The molecule has 1 atom stereocenters. The van der Waals surface area contributed by atoms with Crippen molar-refractivity contribution in [1.82, 2.24) is 14.5 Å². The van der Waals surface area contributed by atoms with Crippen molar-refractivity contribution < 1.29 is 0 Å². The van der Waals surface area contributed by atoms with Gasteiger partial charge < -0.3 is 4.57 Å².